The van der Waals surface area contributed by atoms with Crippen LogP contribution in [0.15, 0.2) is 0 Å². The van der Waals surface area contributed by atoms with E-state index < -0.39 is 5.79 Å². The maximum absolute atomic E-state index is 10.8. The van der Waals surface area contributed by atoms with Gasteiger partial charge < -0.3 is 14.2 Å². The molecule has 1 rings (SSSR count). The lowest BCUT2D eigenvalue weighted by Crippen LogP contribution is -2.33. The molecule has 0 aromatic rings. The zero-order valence-electron chi connectivity index (χ0n) is 7.46. The molecule has 0 aromatic heterocycles. The van der Waals surface area contributed by atoms with Gasteiger partial charge in [-0.1, -0.05) is 6.92 Å². The highest BCUT2D eigenvalue weighted by Gasteiger charge is 2.32. The molecule has 70 valence electrons. The third kappa shape index (κ3) is 2.46. The van der Waals surface area contributed by atoms with E-state index in [0.717, 1.165) is 0 Å². The minimum atomic E-state index is -0.717. The summed E-state index contributed by atoms with van der Waals surface area (Å²) in [6, 6.07) is 0. The first-order chi connectivity index (χ1) is 5.66. The molecule has 0 saturated carbocycles. The second-order valence-corrected chi connectivity index (χ2v) is 2.84. The van der Waals surface area contributed by atoms with Crippen molar-refractivity contribution in [1.82, 2.24) is 0 Å². The summed E-state index contributed by atoms with van der Waals surface area (Å²) in [6.45, 7) is 4.84. The summed E-state index contributed by atoms with van der Waals surface area (Å²) in [5, 5.41) is 0. The molecule has 12 heavy (non-hydrogen) atoms. The molecule has 0 amide bonds. The Morgan fingerprint density at radius 2 is 2.08 bits per heavy atom. The lowest BCUT2D eigenvalue weighted by atomic mass is 10.3. The van der Waals surface area contributed by atoms with Gasteiger partial charge in [-0.3, -0.25) is 4.79 Å². The molecular weight excluding hydrogens is 160 g/mol. The highest BCUT2D eigenvalue weighted by molar-refractivity contribution is 5.68. The molecule has 0 N–H and O–H groups in total. The van der Waals surface area contributed by atoms with Crippen LogP contribution in [-0.4, -0.2) is 31.6 Å². The van der Waals surface area contributed by atoms with E-state index in [-0.39, 0.29) is 12.6 Å². The van der Waals surface area contributed by atoms with Crippen molar-refractivity contribution < 1.29 is 19.0 Å². The molecule has 0 radical (unpaired) electrons. The van der Waals surface area contributed by atoms with Crippen LogP contribution >= 0.6 is 0 Å². The molecule has 0 unspecified atom stereocenters. The molecule has 1 fully saturated rings. The zero-order valence-corrected chi connectivity index (χ0v) is 7.46. The van der Waals surface area contributed by atoms with Gasteiger partial charge in [0.1, 0.15) is 6.61 Å². The summed E-state index contributed by atoms with van der Waals surface area (Å²) in [6.07, 6.45) is 0.385. The Balaban J connectivity index is 2.25. The van der Waals surface area contributed by atoms with Crippen LogP contribution < -0.4 is 0 Å². The van der Waals surface area contributed by atoms with Crippen molar-refractivity contribution in [2.75, 3.05) is 19.8 Å². The van der Waals surface area contributed by atoms with Gasteiger partial charge in [0.15, 0.2) is 5.79 Å². The fourth-order valence-electron chi connectivity index (χ4n) is 0.954. The standard InChI is InChI=1S/C8H14O4/c1-3-7(9)10-6-8(2)11-4-5-12-8/h3-6H2,1-2H3. The van der Waals surface area contributed by atoms with E-state index in [1.54, 1.807) is 13.8 Å². The number of hydrogen-bond donors (Lipinski definition) is 0. The van der Waals surface area contributed by atoms with Crippen molar-refractivity contribution >= 4 is 5.97 Å². The van der Waals surface area contributed by atoms with Crippen molar-refractivity contribution in [3.05, 3.63) is 0 Å². The van der Waals surface area contributed by atoms with Gasteiger partial charge in [-0.25, -0.2) is 0 Å². The molecule has 4 heteroatoms. The normalized spacial score (nSPS) is 20.8. The molecular formula is C8H14O4. The Morgan fingerprint density at radius 3 is 2.58 bits per heavy atom. The molecule has 1 saturated heterocycles. The Hall–Kier alpha value is -0.610. The molecule has 0 atom stereocenters. The number of hydrogen-bond acceptors (Lipinski definition) is 4. The van der Waals surface area contributed by atoms with E-state index in [4.69, 9.17) is 14.2 Å². The summed E-state index contributed by atoms with van der Waals surface area (Å²) in [7, 11) is 0. The monoisotopic (exact) mass is 174 g/mol. The van der Waals surface area contributed by atoms with E-state index in [0.29, 0.717) is 19.6 Å². The SMILES string of the molecule is CCC(=O)OCC1(C)OCCO1. The number of carbonyl (C=O) groups excluding carboxylic acids is 1. The first-order valence-corrected chi connectivity index (χ1v) is 4.10. The van der Waals surface area contributed by atoms with E-state index in [9.17, 15) is 4.79 Å². The third-order valence-corrected chi connectivity index (χ3v) is 1.68. The van der Waals surface area contributed by atoms with Crippen molar-refractivity contribution in [2.24, 2.45) is 0 Å². The van der Waals surface area contributed by atoms with Gasteiger partial charge in [0.2, 0.25) is 0 Å². The molecule has 0 aromatic carbocycles. The average molecular weight is 174 g/mol. The van der Waals surface area contributed by atoms with Crippen LogP contribution in [0.3, 0.4) is 0 Å². The fraction of sp³-hybridized carbons (Fsp3) is 0.875. The smallest absolute Gasteiger partial charge is 0.305 e. The largest absolute Gasteiger partial charge is 0.460 e. The Bertz CT molecular complexity index is 160. The van der Waals surface area contributed by atoms with Crippen LogP contribution in [0.1, 0.15) is 20.3 Å². The van der Waals surface area contributed by atoms with E-state index in [1.807, 2.05) is 0 Å². The quantitative estimate of drug-likeness (QED) is 0.591. The van der Waals surface area contributed by atoms with Gasteiger partial charge in [0.25, 0.3) is 0 Å². The molecule has 0 aliphatic carbocycles. The molecule has 0 bridgehead atoms. The lowest BCUT2D eigenvalue weighted by molar-refractivity contribution is -0.189. The predicted octanol–water partition coefficient (Wildman–Crippen LogP) is 0.703. The molecule has 4 nitrogen and oxygen atoms in total. The van der Waals surface area contributed by atoms with Crippen molar-refractivity contribution in [2.45, 2.75) is 26.1 Å². The first-order valence-electron chi connectivity index (χ1n) is 4.10. The Morgan fingerprint density at radius 1 is 1.50 bits per heavy atom. The predicted molar refractivity (Wildman–Crippen MR) is 41.6 cm³/mol. The van der Waals surface area contributed by atoms with Gasteiger partial charge in [0, 0.05) is 6.42 Å². The molecule has 1 heterocycles. The second kappa shape index (κ2) is 3.87. The van der Waals surface area contributed by atoms with Crippen molar-refractivity contribution in [3.8, 4) is 0 Å². The summed E-state index contributed by atoms with van der Waals surface area (Å²) in [5.74, 6) is -0.944. The Kier molecular flexibility index (Phi) is 3.05. The maximum Gasteiger partial charge on any atom is 0.305 e. The highest BCUT2D eigenvalue weighted by Crippen LogP contribution is 2.18. The zero-order chi connectivity index (χ0) is 9.03. The topological polar surface area (TPSA) is 44.8 Å². The highest BCUT2D eigenvalue weighted by atomic mass is 16.8. The third-order valence-electron chi connectivity index (χ3n) is 1.68. The summed E-state index contributed by atoms with van der Waals surface area (Å²) in [4.78, 5) is 10.8. The summed E-state index contributed by atoms with van der Waals surface area (Å²) < 4.78 is 15.4. The van der Waals surface area contributed by atoms with Gasteiger partial charge >= 0.3 is 5.97 Å². The minimum Gasteiger partial charge on any atom is -0.460 e. The number of rotatable bonds is 3. The van der Waals surface area contributed by atoms with E-state index in [1.165, 1.54) is 0 Å². The van der Waals surface area contributed by atoms with Crippen molar-refractivity contribution in [1.29, 1.82) is 0 Å². The molecule has 1 aliphatic rings. The maximum atomic E-state index is 10.8. The van der Waals surface area contributed by atoms with E-state index in [2.05, 4.69) is 0 Å². The summed E-state index contributed by atoms with van der Waals surface area (Å²) >= 11 is 0. The summed E-state index contributed by atoms with van der Waals surface area (Å²) in [5.41, 5.74) is 0. The van der Waals surface area contributed by atoms with E-state index >= 15 is 0 Å². The second-order valence-electron chi connectivity index (χ2n) is 2.84. The fourth-order valence-corrected chi connectivity index (χ4v) is 0.954. The minimum absolute atomic E-state index is 0.180. The van der Waals surface area contributed by atoms with Crippen LogP contribution in [0.25, 0.3) is 0 Å². The Labute approximate surface area is 71.8 Å². The lowest BCUT2D eigenvalue weighted by Gasteiger charge is -2.21. The molecule has 1 aliphatic heterocycles. The van der Waals surface area contributed by atoms with Crippen molar-refractivity contribution in [3.63, 3.8) is 0 Å². The van der Waals surface area contributed by atoms with Crippen LogP contribution in [0.4, 0.5) is 0 Å². The van der Waals surface area contributed by atoms with Gasteiger partial charge in [-0.05, 0) is 6.92 Å². The van der Waals surface area contributed by atoms with Gasteiger partial charge in [-0.2, -0.15) is 0 Å². The van der Waals surface area contributed by atoms with Gasteiger partial charge in [-0.15, -0.1) is 0 Å². The van der Waals surface area contributed by atoms with Gasteiger partial charge in [0.05, 0.1) is 13.2 Å². The van der Waals surface area contributed by atoms with Crippen LogP contribution in [0.5, 0.6) is 0 Å². The number of ether oxygens (including phenoxy) is 3. The first kappa shape index (κ1) is 9.48. The average Bonchev–Trinajstić information content (AvgIpc) is 2.49. The van der Waals surface area contributed by atoms with Crippen LogP contribution in [0.2, 0.25) is 0 Å². The number of carbonyl (C=O) groups is 1. The van der Waals surface area contributed by atoms with Crippen LogP contribution in [-0.2, 0) is 19.0 Å². The molecule has 0 spiro atoms. The number of esters is 1. The van der Waals surface area contributed by atoms with Crippen LogP contribution in [0, 0.1) is 0 Å².